The van der Waals surface area contributed by atoms with Gasteiger partial charge >= 0.3 is 6.01 Å². The summed E-state index contributed by atoms with van der Waals surface area (Å²) in [6.45, 7) is 3.82. The lowest BCUT2D eigenvalue weighted by molar-refractivity contribution is -0.120. The van der Waals surface area contributed by atoms with Gasteiger partial charge in [-0.05, 0) is 62.2 Å². The van der Waals surface area contributed by atoms with Crippen molar-refractivity contribution in [2.24, 2.45) is 5.92 Å². The highest BCUT2D eigenvalue weighted by Gasteiger charge is 2.29. The van der Waals surface area contributed by atoms with Gasteiger partial charge in [0.05, 0.1) is 29.9 Å². The predicted octanol–water partition coefficient (Wildman–Crippen LogP) is 4.61. The fraction of sp³-hybridized carbons (Fsp3) is 0.333. The Balaban J connectivity index is 1.25. The highest BCUT2D eigenvalue weighted by molar-refractivity contribution is 7.22. The van der Waals surface area contributed by atoms with Crippen LogP contribution >= 0.6 is 11.3 Å². The number of rotatable bonds is 7. The van der Waals surface area contributed by atoms with Crippen LogP contribution in [-0.2, 0) is 4.79 Å². The summed E-state index contributed by atoms with van der Waals surface area (Å²) in [4.78, 5) is 24.1. The number of ether oxygens (including phenoxy) is 2. The van der Waals surface area contributed by atoms with Crippen LogP contribution in [0.3, 0.4) is 0 Å². The van der Waals surface area contributed by atoms with E-state index in [1.54, 1.807) is 7.11 Å². The van der Waals surface area contributed by atoms with Gasteiger partial charge in [0.2, 0.25) is 11.7 Å². The monoisotopic (exact) mass is 479 g/mol. The molecule has 34 heavy (non-hydrogen) atoms. The molecular formula is C24H25N5O4S. The summed E-state index contributed by atoms with van der Waals surface area (Å²) < 4.78 is 17.2. The molecule has 1 aliphatic rings. The van der Waals surface area contributed by atoms with Gasteiger partial charge in [-0.3, -0.25) is 4.79 Å². The van der Waals surface area contributed by atoms with Crippen LogP contribution in [0.4, 0.5) is 11.1 Å². The lowest BCUT2D eigenvalue weighted by atomic mass is 9.97. The summed E-state index contributed by atoms with van der Waals surface area (Å²) in [7, 11) is 1.62. The van der Waals surface area contributed by atoms with Crippen LogP contribution in [0.5, 0.6) is 11.5 Å². The summed E-state index contributed by atoms with van der Waals surface area (Å²) in [5.41, 5.74) is 1.68. The molecule has 0 unspecified atom stereocenters. The first-order valence-electron chi connectivity index (χ1n) is 11.2. The van der Waals surface area contributed by atoms with Crippen LogP contribution in [0.25, 0.3) is 21.6 Å². The topological polar surface area (TPSA) is 103 Å². The minimum absolute atomic E-state index is 0.0521. The minimum Gasteiger partial charge on any atom is -0.497 e. The molecule has 1 saturated heterocycles. The normalized spacial score (nSPS) is 15.9. The third kappa shape index (κ3) is 4.67. The van der Waals surface area contributed by atoms with Gasteiger partial charge in [0.15, 0.2) is 5.13 Å². The second kappa shape index (κ2) is 9.68. The number of amides is 1. The third-order valence-corrected chi connectivity index (χ3v) is 6.66. The van der Waals surface area contributed by atoms with Gasteiger partial charge in [0.1, 0.15) is 11.5 Å². The van der Waals surface area contributed by atoms with E-state index < -0.39 is 0 Å². The van der Waals surface area contributed by atoms with E-state index in [0.717, 1.165) is 46.7 Å². The molecule has 1 fully saturated rings. The van der Waals surface area contributed by atoms with Crippen molar-refractivity contribution in [3.05, 3.63) is 42.5 Å². The van der Waals surface area contributed by atoms with Gasteiger partial charge in [-0.2, -0.15) is 4.98 Å². The molecule has 3 heterocycles. The molecule has 2 aromatic heterocycles. The largest absolute Gasteiger partial charge is 0.497 e. The highest BCUT2D eigenvalue weighted by Crippen LogP contribution is 2.31. The summed E-state index contributed by atoms with van der Waals surface area (Å²) in [5, 5.41) is 7.69. The third-order valence-electron chi connectivity index (χ3n) is 5.73. The Kier molecular flexibility index (Phi) is 6.31. The molecule has 10 heteroatoms. The first-order valence-corrected chi connectivity index (χ1v) is 12.0. The van der Waals surface area contributed by atoms with Gasteiger partial charge in [0.25, 0.3) is 0 Å². The van der Waals surface area contributed by atoms with E-state index in [1.165, 1.54) is 11.3 Å². The van der Waals surface area contributed by atoms with Gasteiger partial charge in [-0.25, -0.2) is 4.98 Å². The number of piperidine rings is 1. The fourth-order valence-corrected chi connectivity index (χ4v) is 4.89. The van der Waals surface area contributed by atoms with Crippen molar-refractivity contribution >= 4 is 38.6 Å². The molecular weight excluding hydrogens is 454 g/mol. The number of carbonyl (C=O) groups is 1. The van der Waals surface area contributed by atoms with Crippen LogP contribution in [0.15, 0.2) is 47.0 Å². The van der Waals surface area contributed by atoms with Gasteiger partial charge in [-0.15, -0.1) is 0 Å². The molecule has 1 N–H and O–H groups in total. The maximum atomic E-state index is 13.0. The van der Waals surface area contributed by atoms with Gasteiger partial charge in [-0.1, -0.05) is 16.5 Å². The van der Waals surface area contributed by atoms with Gasteiger partial charge in [0, 0.05) is 18.7 Å². The molecule has 1 amide bonds. The number of hydrogen-bond acceptors (Lipinski definition) is 9. The Labute approximate surface area is 200 Å². The molecule has 1 atom stereocenters. The van der Waals surface area contributed by atoms with E-state index in [-0.39, 0.29) is 11.8 Å². The number of aromatic nitrogens is 3. The minimum atomic E-state index is -0.198. The number of hydrogen-bond donors (Lipinski definition) is 1. The Bertz CT molecular complexity index is 1290. The zero-order valence-corrected chi connectivity index (χ0v) is 19.8. The van der Waals surface area contributed by atoms with Crippen molar-refractivity contribution < 1.29 is 18.8 Å². The standard InChI is InChI=1S/C24H25N5O4S/c1-3-32-18-10-11-19-20(13-18)34-23(25-19)27-22(30)16-5-4-12-29(14-16)24-26-21(28-33-24)15-6-8-17(31-2)9-7-15/h6-11,13,16H,3-5,12,14H2,1-2H3,(H,25,27,30)/t16-/m1/s1. The zero-order valence-electron chi connectivity index (χ0n) is 19.0. The van der Waals surface area contributed by atoms with Crippen molar-refractivity contribution in [3.63, 3.8) is 0 Å². The maximum absolute atomic E-state index is 13.0. The number of nitrogens with zero attached hydrogens (tertiary/aromatic N) is 4. The molecule has 9 nitrogen and oxygen atoms in total. The summed E-state index contributed by atoms with van der Waals surface area (Å²) in [6.07, 6.45) is 1.65. The number of thiazole rings is 1. The molecule has 176 valence electrons. The van der Waals surface area contributed by atoms with E-state index in [4.69, 9.17) is 14.0 Å². The number of methoxy groups -OCH3 is 1. The predicted molar refractivity (Wildman–Crippen MR) is 131 cm³/mol. The highest BCUT2D eigenvalue weighted by atomic mass is 32.1. The van der Waals surface area contributed by atoms with Crippen LogP contribution < -0.4 is 19.7 Å². The van der Waals surface area contributed by atoms with Crippen LogP contribution in [-0.4, -0.2) is 47.8 Å². The first-order chi connectivity index (χ1) is 16.6. The zero-order chi connectivity index (χ0) is 23.5. The Morgan fingerprint density at radius 1 is 1.21 bits per heavy atom. The first kappa shape index (κ1) is 22.1. The molecule has 1 aliphatic heterocycles. The summed E-state index contributed by atoms with van der Waals surface area (Å²) >= 11 is 1.44. The number of benzene rings is 2. The van der Waals surface area contributed by atoms with E-state index >= 15 is 0 Å². The quantitative estimate of drug-likeness (QED) is 0.410. The van der Waals surface area contributed by atoms with Crippen LogP contribution in [0.2, 0.25) is 0 Å². The van der Waals surface area contributed by atoms with E-state index in [0.29, 0.717) is 30.1 Å². The molecule has 0 saturated carbocycles. The van der Waals surface area contributed by atoms with Crippen molar-refractivity contribution in [1.29, 1.82) is 0 Å². The number of nitrogens with one attached hydrogen (secondary N) is 1. The Morgan fingerprint density at radius 3 is 2.82 bits per heavy atom. The van der Waals surface area contributed by atoms with Gasteiger partial charge < -0.3 is 24.2 Å². The summed E-state index contributed by atoms with van der Waals surface area (Å²) in [5.74, 6) is 1.82. The maximum Gasteiger partial charge on any atom is 0.324 e. The number of carbonyl (C=O) groups excluding carboxylic acids is 1. The van der Waals surface area contributed by atoms with Crippen LogP contribution in [0.1, 0.15) is 19.8 Å². The molecule has 5 rings (SSSR count). The fourth-order valence-electron chi connectivity index (χ4n) is 3.99. The smallest absolute Gasteiger partial charge is 0.324 e. The lowest BCUT2D eigenvalue weighted by Crippen LogP contribution is -2.41. The second-order valence-electron chi connectivity index (χ2n) is 7.99. The van der Waals surface area contributed by atoms with E-state index in [1.807, 2.05) is 54.3 Å². The number of anilines is 2. The van der Waals surface area contributed by atoms with Crippen molar-refractivity contribution in [3.8, 4) is 22.9 Å². The summed E-state index contributed by atoms with van der Waals surface area (Å²) in [6, 6.07) is 13.6. The Hall–Kier alpha value is -3.66. The van der Waals surface area contributed by atoms with Crippen molar-refractivity contribution in [2.45, 2.75) is 19.8 Å². The molecule has 0 spiro atoms. The Morgan fingerprint density at radius 2 is 2.03 bits per heavy atom. The molecule has 0 bridgehead atoms. The average molecular weight is 480 g/mol. The molecule has 0 aliphatic carbocycles. The van der Waals surface area contributed by atoms with E-state index in [9.17, 15) is 4.79 Å². The van der Waals surface area contributed by atoms with Crippen molar-refractivity contribution in [1.82, 2.24) is 15.1 Å². The van der Waals surface area contributed by atoms with Crippen LogP contribution in [0, 0.1) is 5.92 Å². The molecule has 4 aromatic rings. The lowest BCUT2D eigenvalue weighted by Gasteiger charge is -2.30. The second-order valence-corrected chi connectivity index (χ2v) is 9.02. The van der Waals surface area contributed by atoms with E-state index in [2.05, 4.69) is 20.4 Å². The molecule has 0 radical (unpaired) electrons. The SMILES string of the molecule is CCOc1ccc2nc(NC(=O)[C@@H]3CCCN(c4nc(-c5ccc(OC)cc5)no4)C3)sc2c1. The van der Waals surface area contributed by atoms with Crippen molar-refractivity contribution in [2.75, 3.05) is 37.0 Å². The molecule has 2 aromatic carbocycles. The average Bonchev–Trinajstić information content (AvgIpc) is 3.51. The number of fused-ring (bicyclic) bond motifs is 1.